The molecule has 0 fully saturated rings. The molecule has 0 amide bonds. The molecule has 0 spiro atoms. The highest BCUT2D eigenvalue weighted by molar-refractivity contribution is 5.28. The Morgan fingerprint density at radius 2 is 2.06 bits per heavy atom. The van der Waals surface area contributed by atoms with Crippen molar-refractivity contribution in [1.82, 2.24) is 0 Å². The van der Waals surface area contributed by atoms with Crippen LogP contribution in [0.4, 0.5) is 4.39 Å². The van der Waals surface area contributed by atoms with Crippen LogP contribution >= 0.6 is 0 Å². The van der Waals surface area contributed by atoms with Crippen molar-refractivity contribution in [3.05, 3.63) is 29.6 Å². The molecule has 0 aliphatic rings. The first kappa shape index (κ1) is 13.9. The van der Waals surface area contributed by atoms with Crippen LogP contribution in [0, 0.1) is 5.82 Å². The third kappa shape index (κ3) is 4.32. The van der Waals surface area contributed by atoms with Crippen molar-refractivity contribution in [2.45, 2.75) is 26.1 Å². The molecule has 0 bridgehead atoms. The van der Waals surface area contributed by atoms with Crippen molar-refractivity contribution >= 4 is 0 Å². The van der Waals surface area contributed by atoms with E-state index < -0.39 is 0 Å². The number of rotatable bonds is 7. The van der Waals surface area contributed by atoms with Crippen molar-refractivity contribution in [3.63, 3.8) is 0 Å². The molecule has 3 nitrogen and oxygen atoms in total. The maximum atomic E-state index is 13.4. The zero-order valence-electron chi connectivity index (χ0n) is 10.5. The Kier molecular flexibility index (Phi) is 5.94. The summed E-state index contributed by atoms with van der Waals surface area (Å²) in [5, 5.41) is 0. The van der Waals surface area contributed by atoms with E-state index in [-0.39, 0.29) is 17.7 Å². The lowest BCUT2D eigenvalue weighted by atomic mass is 10.2. The van der Waals surface area contributed by atoms with E-state index in [4.69, 9.17) is 14.2 Å². The molecule has 96 valence electrons. The zero-order chi connectivity index (χ0) is 12.7. The van der Waals surface area contributed by atoms with Gasteiger partial charge in [0.05, 0.1) is 26.4 Å². The van der Waals surface area contributed by atoms with Gasteiger partial charge in [0.15, 0.2) is 11.6 Å². The zero-order valence-corrected chi connectivity index (χ0v) is 10.5. The van der Waals surface area contributed by atoms with Crippen LogP contribution in [-0.4, -0.2) is 26.9 Å². The smallest absolute Gasteiger partial charge is 0.165 e. The van der Waals surface area contributed by atoms with Crippen molar-refractivity contribution in [3.8, 4) is 5.75 Å². The Balaban J connectivity index is 2.54. The third-order valence-corrected chi connectivity index (χ3v) is 2.51. The van der Waals surface area contributed by atoms with E-state index >= 15 is 0 Å². The van der Waals surface area contributed by atoms with Crippen molar-refractivity contribution < 1.29 is 18.6 Å². The number of ether oxygens (including phenoxy) is 3. The Morgan fingerprint density at radius 1 is 1.29 bits per heavy atom. The van der Waals surface area contributed by atoms with Gasteiger partial charge in [0.25, 0.3) is 0 Å². The molecule has 0 aromatic heterocycles. The molecular formula is C13H19FO3. The first-order valence-corrected chi connectivity index (χ1v) is 5.64. The molecule has 0 saturated carbocycles. The molecule has 1 rings (SSSR count). The van der Waals surface area contributed by atoms with Crippen LogP contribution in [0.25, 0.3) is 0 Å². The van der Waals surface area contributed by atoms with E-state index in [1.807, 2.05) is 6.92 Å². The summed E-state index contributed by atoms with van der Waals surface area (Å²) in [6.07, 6.45) is 0.914. The van der Waals surface area contributed by atoms with E-state index in [9.17, 15) is 4.39 Å². The van der Waals surface area contributed by atoms with Gasteiger partial charge in [-0.2, -0.15) is 0 Å². The number of hydrogen-bond acceptors (Lipinski definition) is 3. The Morgan fingerprint density at radius 3 is 2.59 bits per heavy atom. The predicted molar refractivity (Wildman–Crippen MR) is 63.7 cm³/mol. The summed E-state index contributed by atoms with van der Waals surface area (Å²) in [4.78, 5) is 0. The lowest BCUT2D eigenvalue weighted by Gasteiger charge is -2.15. The van der Waals surface area contributed by atoms with Crippen LogP contribution in [0.1, 0.15) is 18.9 Å². The van der Waals surface area contributed by atoms with Crippen molar-refractivity contribution in [2.24, 2.45) is 0 Å². The van der Waals surface area contributed by atoms with Crippen LogP contribution in [0.3, 0.4) is 0 Å². The fourth-order valence-electron chi connectivity index (χ4n) is 1.48. The number of methoxy groups -OCH3 is 2. The Bertz CT molecular complexity index is 341. The van der Waals surface area contributed by atoms with Crippen molar-refractivity contribution in [2.75, 3.05) is 20.8 Å². The van der Waals surface area contributed by atoms with E-state index in [2.05, 4.69) is 0 Å². The van der Waals surface area contributed by atoms with E-state index in [1.165, 1.54) is 13.2 Å². The quantitative estimate of drug-likeness (QED) is 0.736. The summed E-state index contributed by atoms with van der Waals surface area (Å²) >= 11 is 0. The standard InChI is InChI=1S/C13H19FO3/c1-4-11(9-15-2)17-8-10-5-6-13(16-3)12(14)7-10/h5-7,11H,4,8-9H2,1-3H3. The summed E-state index contributed by atoms with van der Waals surface area (Å²) in [6, 6.07) is 4.82. The lowest BCUT2D eigenvalue weighted by Crippen LogP contribution is -2.17. The monoisotopic (exact) mass is 242 g/mol. The highest BCUT2D eigenvalue weighted by atomic mass is 19.1. The molecule has 1 atom stereocenters. The van der Waals surface area contributed by atoms with Crippen LogP contribution in [0.15, 0.2) is 18.2 Å². The molecule has 17 heavy (non-hydrogen) atoms. The van der Waals surface area contributed by atoms with Gasteiger partial charge in [0, 0.05) is 7.11 Å². The number of halogens is 1. The maximum absolute atomic E-state index is 13.4. The van der Waals surface area contributed by atoms with Gasteiger partial charge >= 0.3 is 0 Å². The second kappa shape index (κ2) is 7.25. The van der Waals surface area contributed by atoms with Gasteiger partial charge in [0.2, 0.25) is 0 Å². The second-order valence-electron chi connectivity index (χ2n) is 3.77. The fourth-order valence-corrected chi connectivity index (χ4v) is 1.48. The normalized spacial score (nSPS) is 12.5. The first-order chi connectivity index (χ1) is 8.21. The van der Waals surface area contributed by atoms with Gasteiger partial charge in [0.1, 0.15) is 0 Å². The van der Waals surface area contributed by atoms with E-state index in [0.717, 1.165) is 12.0 Å². The molecule has 0 aliphatic heterocycles. The summed E-state index contributed by atoms with van der Waals surface area (Å²) in [7, 11) is 3.08. The summed E-state index contributed by atoms with van der Waals surface area (Å²) in [5.74, 6) is -0.119. The van der Waals surface area contributed by atoms with Crippen LogP contribution in [0.2, 0.25) is 0 Å². The molecular weight excluding hydrogens is 223 g/mol. The highest BCUT2D eigenvalue weighted by Crippen LogP contribution is 2.18. The SMILES string of the molecule is CCC(COC)OCc1ccc(OC)c(F)c1. The molecule has 0 heterocycles. The summed E-state index contributed by atoms with van der Waals surface area (Å²) in [6.45, 7) is 2.95. The fraction of sp³-hybridized carbons (Fsp3) is 0.538. The molecule has 0 radical (unpaired) electrons. The first-order valence-electron chi connectivity index (χ1n) is 5.64. The average molecular weight is 242 g/mol. The largest absolute Gasteiger partial charge is 0.494 e. The predicted octanol–water partition coefficient (Wildman–Crippen LogP) is 2.78. The number of benzene rings is 1. The average Bonchev–Trinajstić information content (AvgIpc) is 2.34. The van der Waals surface area contributed by atoms with Gasteiger partial charge in [-0.1, -0.05) is 13.0 Å². The number of hydrogen-bond donors (Lipinski definition) is 0. The van der Waals surface area contributed by atoms with E-state index in [1.54, 1.807) is 19.2 Å². The Hall–Kier alpha value is -1.13. The lowest BCUT2D eigenvalue weighted by molar-refractivity contribution is -0.0129. The molecule has 4 heteroatoms. The minimum atomic E-state index is -0.367. The second-order valence-corrected chi connectivity index (χ2v) is 3.77. The molecule has 0 N–H and O–H groups in total. The summed E-state index contributed by atoms with van der Waals surface area (Å²) in [5.41, 5.74) is 0.790. The molecule has 1 unspecified atom stereocenters. The molecule has 0 aliphatic carbocycles. The molecule has 1 aromatic carbocycles. The van der Waals surface area contributed by atoms with Gasteiger partial charge in [-0.15, -0.1) is 0 Å². The van der Waals surface area contributed by atoms with Crippen LogP contribution in [0.5, 0.6) is 5.75 Å². The third-order valence-electron chi connectivity index (χ3n) is 2.51. The van der Waals surface area contributed by atoms with Gasteiger partial charge in [-0.3, -0.25) is 0 Å². The Labute approximate surface area is 101 Å². The minimum absolute atomic E-state index is 0.0464. The molecule has 0 saturated heterocycles. The van der Waals surface area contributed by atoms with Crippen LogP contribution < -0.4 is 4.74 Å². The van der Waals surface area contributed by atoms with Gasteiger partial charge < -0.3 is 14.2 Å². The highest BCUT2D eigenvalue weighted by Gasteiger charge is 2.08. The van der Waals surface area contributed by atoms with Gasteiger partial charge in [-0.05, 0) is 24.1 Å². The van der Waals surface area contributed by atoms with E-state index in [0.29, 0.717) is 13.2 Å². The summed E-state index contributed by atoms with van der Waals surface area (Å²) < 4.78 is 28.9. The van der Waals surface area contributed by atoms with Crippen molar-refractivity contribution in [1.29, 1.82) is 0 Å². The topological polar surface area (TPSA) is 27.7 Å². The maximum Gasteiger partial charge on any atom is 0.165 e. The van der Waals surface area contributed by atoms with Crippen LogP contribution in [-0.2, 0) is 16.1 Å². The minimum Gasteiger partial charge on any atom is -0.494 e. The van der Waals surface area contributed by atoms with Gasteiger partial charge in [-0.25, -0.2) is 4.39 Å². The molecule has 1 aromatic rings.